The first-order valence-electron chi connectivity index (χ1n) is 12.4. The van der Waals surface area contributed by atoms with E-state index in [0.717, 1.165) is 39.4 Å². The van der Waals surface area contributed by atoms with Gasteiger partial charge in [-0.1, -0.05) is 35.3 Å². The number of nitrogens with zero attached hydrogens (tertiary/aromatic N) is 4. The molecule has 4 aromatic heterocycles. The van der Waals surface area contributed by atoms with Crippen LogP contribution in [0.5, 0.6) is 0 Å². The van der Waals surface area contributed by atoms with Gasteiger partial charge in [-0.15, -0.1) is 11.3 Å². The zero-order chi connectivity index (χ0) is 27.4. The summed E-state index contributed by atoms with van der Waals surface area (Å²) in [5.41, 5.74) is 7.42. The van der Waals surface area contributed by atoms with Crippen LogP contribution in [-0.4, -0.2) is 19.5 Å². The predicted molar refractivity (Wildman–Crippen MR) is 155 cm³/mol. The SMILES string of the molecule is Cc1cnc(-c2cccc(-c3scnc3C)c2F)cc1-n1c(C)cc([C@H]2C[C@@H]2c2cncc(Cl)c2)c(Cl)c1=O. The van der Waals surface area contributed by atoms with Gasteiger partial charge in [0.1, 0.15) is 10.8 Å². The second-order valence-electron chi connectivity index (χ2n) is 9.87. The molecule has 5 nitrogen and oxygen atoms in total. The van der Waals surface area contributed by atoms with Crippen molar-refractivity contribution in [2.75, 3.05) is 0 Å². The molecule has 0 unspecified atom stereocenters. The Balaban J connectivity index is 1.40. The summed E-state index contributed by atoms with van der Waals surface area (Å²) < 4.78 is 17.3. The maximum absolute atomic E-state index is 15.7. The van der Waals surface area contributed by atoms with E-state index in [2.05, 4.69) is 15.0 Å². The van der Waals surface area contributed by atoms with Gasteiger partial charge in [0.05, 0.1) is 32.5 Å². The molecule has 0 aliphatic heterocycles. The van der Waals surface area contributed by atoms with Gasteiger partial charge in [-0.2, -0.15) is 0 Å². The van der Waals surface area contributed by atoms with E-state index in [-0.39, 0.29) is 28.2 Å². The molecule has 1 aliphatic rings. The second kappa shape index (κ2) is 9.97. The van der Waals surface area contributed by atoms with Crippen LogP contribution in [0.25, 0.3) is 27.4 Å². The van der Waals surface area contributed by atoms with E-state index in [1.54, 1.807) is 46.7 Å². The van der Waals surface area contributed by atoms with Gasteiger partial charge in [0.15, 0.2) is 0 Å². The fourth-order valence-electron chi connectivity index (χ4n) is 5.21. The first-order chi connectivity index (χ1) is 18.7. The molecule has 0 radical (unpaired) electrons. The smallest absolute Gasteiger partial charge is 0.274 e. The quantitative estimate of drug-likeness (QED) is 0.212. The molecule has 4 heterocycles. The van der Waals surface area contributed by atoms with Gasteiger partial charge in [-0.25, -0.2) is 9.37 Å². The molecule has 196 valence electrons. The molecule has 1 aromatic carbocycles. The van der Waals surface area contributed by atoms with Crippen LogP contribution in [0.4, 0.5) is 4.39 Å². The first kappa shape index (κ1) is 25.9. The lowest BCUT2D eigenvalue weighted by atomic mass is 10.0. The molecule has 0 spiro atoms. The lowest BCUT2D eigenvalue weighted by Crippen LogP contribution is -2.23. The summed E-state index contributed by atoms with van der Waals surface area (Å²) in [5.74, 6) is -0.0325. The summed E-state index contributed by atoms with van der Waals surface area (Å²) >= 11 is 14.2. The van der Waals surface area contributed by atoms with Crippen LogP contribution >= 0.6 is 34.5 Å². The van der Waals surface area contributed by atoms with Crippen molar-refractivity contribution in [3.63, 3.8) is 0 Å². The maximum atomic E-state index is 15.7. The fraction of sp³-hybridized carbons (Fsp3) is 0.200. The largest absolute Gasteiger partial charge is 0.280 e. The van der Waals surface area contributed by atoms with Crippen molar-refractivity contribution in [2.24, 2.45) is 0 Å². The Morgan fingerprint density at radius 2 is 1.79 bits per heavy atom. The van der Waals surface area contributed by atoms with Crippen LogP contribution in [0.2, 0.25) is 10.0 Å². The van der Waals surface area contributed by atoms with Crippen LogP contribution in [0.3, 0.4) is 0 Å². The van der Waals surface area contributed by atoms with Crippen LogP contribution in [0, 0.1) is 26.6 Å². The third-order valence-corrected chi connectivity index (χ3v) is 8.83. The highest BCUT2D eigenvalue weighted by Gasteiger charge is 2.42. The molecule has 1 saturated carbocycles. The number of aryl methyl sites for hydroxylation is 3. The molecule has 1 aliphatic carbocycles. The number of thiazole rings is 1. The number of rotatable bonds is 5. The van der Waals surface area contributed by atoms with E-state index >= 15 is 4.39 Å². The summed E-state index contributed by atoms with van der Waals surface area (Å²) in [6.07, 6.45) is 5.95. The zero-order valence-electron chi connectivity index (χ0n) is 21.4. The summed E-state index contributed by atoms with van der Waals surface area (Å²) in [5, 5.41) is 0.777. The monoisotopic (exact) mass is 576 g/mol. The van der Waals surface area contributed by atoms with Crippen LogP contribution in [0.1, 0.15) is 46.3 Å². The van der Waals surface area contributed by atoms with E-state index in [1.165, 1.54) is 11.3 Å². The van der Waals surface area contributed by atoms with Crippen LogP contribution < -0.4 is 5.56 Å². The van der Waals surface area contributed by atoms with Gasteiger partial charge < -0.3 is 0 Å². The number of hydrogen-bond donors (Lipinski definition) is 0. The number of halogens is 3. The van der Waals surface area contributed by atoms with Gasteiger partial charge in [0.25, 0.3) is 5.56 Å². The Kier molecular flexibility index (Phi) is 6.61. The van der Waals surface area contributed by atoms with E-state index in [9.17, 15) is 4.79 Å². The number of aromatic nitrogens is 4. The summed E-state index contributed by atoms with van der Waals surface area (Å²) in [6.45, 7) is 5.61. The second-order valence-corrected chi connectivity index (χ2v) is 11.5. The molecule has 0 amide bonds. The predicted octanol–water partition coefficient (Wildman–Crippen LogP) is 8.06. The average molecular weight is 578 g/mol. The van der Waals surface area contributed by atoms with Crippen molar-refractivity contribution < 1.29 is 4.39 Å². The molecule has 6 rings (SSSR count). The lowest BCUT2D eigenvalue weighted by Gasteiger charge is -2.17. The third-order valence-electron chi connectivity index (χ3n) is 7.29. The zero-order valence-corrected chi connectivity index (χ0v) is 23.7. The Labute approximate surface area is 239 Å². The van der Waals surface area contributed by atoms with E-state index in [4.69, 9.17) is 23.2 Å². The molecule has 5 aromatic rings. The number of benzene rings is 1. The van der Waals surface area contributed by atoms with Gasteiger partial charge in [-0.05, 0) is 80.0 Å². The van der Waals surface area contributed by atoms with Crippen molar-refractivity contribution in [1.82, 2.24) is 19.5 Å². The van der Waals surface area contributed by atoms with E-state index in [1.807, 2.05) is 39.1 Å². The fourth-order valence-corrected chi connectivity index (χ4v) is 6.49. The number of hydrogen-bond acceptors (Lipinski definition) is 5. The highest BCUT2D eigenvalue weighted by molar-refractivity contribution is 7.13. The molecule has 1 fully saturated rings. The van der Waals surface area contributed by atoms with Crippen molar-refractivity contribution in [3.05, 3.63) is 115 Å². The minimum Gasteiger partial charge on any atom is -0.280 e. The van der Waals surface area contributed by atoms with Crippen molar-refractivity contribution >= 4 is 34.5 Å². The lowest BCUT2D eigenvalue weighted by molar-refractivity contribution is 0.634. The first-order valence-corrected chi connectivity index (χ1v) is 14.1. The molecule has 0 bridgehead atoms. The minimum atomic E-state index is -0.375. The minimum absolute atomic E-state index is 0.125. The maximum Gasteiger partial charge on any atom is 0.274 e. The highest BCUT2D eigenvalue weighted by Crippen LogP contribution is 2.56. The van der Waals surface area contributed by atoms with Crippen LogP contribution in [0.15, 0.2) is 65.3 Å². The van der Waals surface area contributed by atoms with Gasteiger partial charge in [0, 0.05) is 35.4 Å². The average Bonchev–Trinajstić information content (AvgIpc) is 3.60. The molecule has 9 heteroatoms. The van der Waals surface area contributed by atoms with E-state index < -0.39 is 0 Å². The Bertz CT molecular complexity index is 1820. The van der Waals surface area contributed by atoms with Gasteiger partial charge in [-0.3, -0.25) is 19.3 Å². The topological polar surface area (TPSA) is 60.7 Å². The third kappa shape index (κ3) is 4.58. The van der Waals surface area contributed by atoms with E-state index in [0.29, 0.717) is 27.5 Å². The standard InChI is InChI=1S/C30H23Cl2FN4OS/c1-15-11-35-25(20-5-4-6-21(28(20)33)29-17(3)36-14-39-29)10-26(15)37-16(2)7-24(27(32)30(37)38)23-9-22(23)18-8-19(31)13-34-12-18/h4-8,10-14,22-23H,9H2,1-3H3/t22-,23+/m1/s1. The van der Waals surface area contributed by atoms with Crippen molar-refractivity contribution in [3.8, 4) is 27.4 Å². The molecule has 39 heavy (non-hydrogen) atoms. The normalized spacial score (nSPS) is 16.5. The number of pyridine rings is 3. The molecule has 0 N–H and O–H groups in total. The Morgan fingerprint density at radius 1 is 1.00 bits per heavy atom. The van der Waals surface area contributed by atoms with Crippen molar-refractivity contribution in [2.45, 2.75) is 39.0 Å². The Morgan fingerprint density at radius 3 is 2.54 bits per heavy atom. The van der Waals surface area contributed by atoms with Crippen LogP contribution in [-0.2, 0) is 0 Å². The molecule has 2 atom stereocenters. The highest BCUT2D eigenvalue weighted by atomic mass is 35.5. The summed E-state index contributed by atoms with van der Waals surface area (Å²) in [4.78, 5) is 27.4. The molecule has 0 saturated heterocycles. The molecular formula is C30H23Cl2FN4OS. The summed E-state index contributed by atoms with van der Waals surface area (Å²) in [6, 6.07) is 10.9. The Hall–Kier alpha value is -3.39. The molecular weight excluding hydrogens is 554 g/mol. The van der Waals surface area contributed by atoms with Crippen molar-refractivity contribution in [1.29, 1.82) is 0 Å². The van der Waals surface area contributed by atoms with Gasteiger partial charge >= 0.3 is 0 Å². The summed E-state index contributed by atoms with van der Waals surface area (Å²) in [7, 11) is 0. The van der Waals surface area contributed by atoms with Gasteiger partial charge in [0.2, 0.25) is 0 Å².